The predicted molar refractivity (Wildman–Crippen MR) is 157 cm³/mol. The van der Waals surface area contributed by atoms with Crippen LogP contribution in [0, 0.1) is 6.92 Å². The van der Waals surface area contributed by atoms with Gasteiger partial charge in [-0.25, -0.2) is 14.5 Å². The minimum Gasteiger partial charge on any atom is -0.368 e. The Morgan fingerprint density at radius 1 is 0.949 bits per heavy atom. The third-order valence-corrected chi connectivity index (χ3v) is 7.64. The fourth-order valence-electron chi connectivity index (χ4n) is 4.77. The molecule has 10 heteroatoms. The SMILES string of the molecule is Cc1ccc(Cn2ncc3nc(-c4ccc(N5CCN(C(=O)Nc6c(Cl)cccc6Cl)CC5)cc4)[nH]c32)cc1. The summed E-state index contributed by atoms with van der Waals surface area (Å²) in [7, 11) is 0. The second kappa shape index (κ2) is 10.6. The maximum absolute atomic E-state index is 12.8. The summed E-state index contributed by atoms with van der Waals surface area (Å²) in [4.78, 5) is 25.0. The Morgan fingerprint density at radius 2 is 1.64 bits per heavy atom. The number of nitrogens with zero attached hydrogens (tertiary/aromatic N) is 5. The lowest BCUT2D eigenvalue weighted by Crippen LogP contribution is -2.50. The van der Waals surface area contributed by atoms with Crippen LogP contribution in [0.5, 0.6) is 0 Å². The summed E-state index contributed by atoms with van der Waals surface area (Å²) in [5.74, 6) is 0.811. The Labute approximate surface area is 236 Å². The summed E-state index contributed by atoms with van der Waals surface area (Å²) in [6, 6.07) is 21.8. The van der Waals surface area contributed by atoms with Crippen LogP contribution in [-0.2, 0) is 6.54 Å². The van der Waals surface area contributed by atoms with Gasteiger partial charge in [-0.2, -0.15) is 5.10 Å². The van der Waals surface area contributed by atoms with Crippen molar-refractivity contribution in [2.24, 2.45) is 0 Å². The highest BCUT2D eigenvalue weighted by atomic mass is 35.5. The second-order valence-corrected chi connectivity index (χ2v) is 10.5. The highest BCUT2D eigenvalue weighted by Crippen LogP contribution is 2.30. The Hall–Kier alpha value is -4.01. The van der Waals surface area contributed by atoms with Gasteiger partial charge in [0, 0.05) is 37.4 Å². The van der Waals surface area contributed by atoms with Crippen molar-refractivity contribution in [3.05, 3.63) is 94.1 Å². The van der Waals surface area contributed by atoms with Crippen molar-refractivity contribution in [2.75, 3.05) is 36.4 Å². The predicted octanol–water partition coefficient (Wildman–Crippen LogP) is 6.44. The number of aromatic nitrogens is 4. The van der Waals surface area contributed by atoms with Gasteiger partial charge in [-0.05, 0) is 48.9 Å². The van der Waals surface area contributed by atoms with Crippen LogP contribution in [-0.4, -0.2) is 56.9 Å². The molecule has 198 valence electrons. The first-order chi connectivity index (χ1) is 18.9. The van der Waals surface area contributed by atoms with Crippen molar-refractivity contribution >= 4 is 51.8 Å². The van der Waals surface area contributed by atoms with Gasteiger partial charge in [0.05, 0.1) is 28.5 Å². The number of hydrogen-bond acceptors (Lipinski definition) is 4. The minimum absolute atomic E-state index is 0.203. The van der Waals surface area contributed by atoms with Crippen LogP contribution in [0.25, 0.3) is 22.6 Å². The van der Waals surface area contributed by atoms with E-state index in [-0.39, 0.29) is 6.03 Å². The van der Waals surface area contributed by atoms with Crippen molar-refractivity contribution in [3.8, 4) is 11.4 Å². The van der Waals surface area contributed by atoms with Crippen LogP contribution in [0.2, 0.25) is 10.0 Å². The topological polar surface area (TPSA) is 82.1 Å². The molecular formula is C29H27Cl2N7O. The summed E-state index contributed by atoms with van der Waals surface area (Å²) in [6.45, 7) is 5.40. The number of piperazine rings is 1. The summed E-state index contributed by atoms with van der Waals surface area (Å²) in [5.41, 5.74) is 6.73. The van der Waals surface area contributed by atoms with Crippen molar-refractivity contribution in [1.29, 1.82) is 0 Å². The molecular weight excluding hydrogens is 533 g/mol. The number of halogens is 2. The number of benzene rings is 3. The number of rotatable bonds is 5. The van der Waals surface area contributed by atoms with Gasteiger partial charge in [-0.1, -0.05) is 59.1 Å². The van der Waals surface area contributed by atoms with E-state index in [9.17, 15) is 4.79 Å². The number of imidazole rings is 1. The van der Waals surface area contributed by atoms with Crippen LogP contribution in [0.3, 0.4) is 0 Å². The van der Waals surface area contributed by atoms with Crippen molar-refractivity contribution in [1.82, 2.24) is 24.6 Å². The fraction of sp³-hybridized carbons (Fsp3) is 0.207. The van der Waals surface area contributed by atoms with Crippen molar-refractivity contribution in [2.45, 2.75) is 13.5 Å². The van der Waals surface area contributed by atoms with Crippen LogP contribution in [0.1, 0.15) is 11.1 Å². The van der Waals surface area contributed by atoms with E-state index in [4.69, 9.17) is 28.2 Å². The normalized spacial score (nSPS) is 13.7. The molecule has 3 aromatic carbocycles. The fourth-order valence-corrected chi connectivity index (χ4v) is 5.26. The van der Waals surface area contributed by atoms with E-state index in [0.29, 0.717) is 35.4 Å². The Balaban J connectivity index is 1.09. The molecule has 2 N–H and O–H groups in total. The molecule has 6 rings (SSSR count). The van der Waals surface area contributed by atoms with Crippen LogP contribution < -0.4 is 10.2 Å². The molecule has 0 aliphatic carbocycles. The summed E-state index contributed by atoms with van der Waals surface area (Å²) in [6.07, 6.45) is 1.80. The van der Waals surface area contributed by atoms with Gasteiger partial charge in [-0.15, -0.1) is 0 Å². The average molecular weight is 560 g/mol. The maximum atomic E-state index is 12.8. The van der Waals surface area contributed by atoms with Gasteiger partial charge in [-0.3, -0.25) is 0 Å². The molecule has 0 spiro atoms. The average Bonchev–Trinajstić information content (AvgIpc) is 3.54. The monoisotopic (exact) mass is 559 g/mol. The molecule has 1 saturated heterocycles. The first kappa shape index (κ1) is 25.3. The maximum Gasteiger partial charge on any atom is 0.322 e. The van der Waals surface area contributed by atoms with Crippen molar-refractivity contribution < 1.29 is 4.79 Å². The van der Waals surface area contributed by atoms with E-state index in [2.05, 4.69) is 75.8 Å². The lowest BCUT2D eigenvalue weighted by Gasteiger charge is -2.36. The van der Waals surface area contributed by atoms with E-state index >= 15 is 0 Å². The Morgan fingerprint density at radius 3 is 2.33 bits per heavy atom. The van der Waals surface area contributed by atoms with Gasteiger partial charge >= 0.3 is 6.03 Å². The molecule has 0 bridgehead atoms. The minimum atomic E-state index is -0.203. The molecule has 3 heterocycles. The Bertz CT molecular complexity index is 1600. The number of aryl methyl sites for hydroxylation is 1. The van der Waals surface area contributed by atoms with E-state index in [1.54, 1.807) is 29.3 Å². The van der Waals surface area contributed by atoms with E-state index in [0.717, 1.165) is 41.3 Å². The third-order valence-electron chi connectivity index (χ3n) is 7.01. The van der Waals surface area contributed by atoms with Gasteiger partial charge < -0.3 is 20.1 Å². The molecule has 8 nitrogen and oxygen atoms in total. The number of nitrogens with one attached hydrogen (secondary N) is 2. The highest BCUT2D eigenvalue weighted by molar-refractivity contribution is 6.39. The smallest absolute Gasteiger partial charge is 0.322 e. The first-order valence-electron chi connectivity index (χ1n) is 12.8. The number of para-hydroxylation sites is 1. The van der Waals surface area contributed by atoms with Crippen LogP contribution in [0.15, 0.2) is 72.9 Å². The number of carbonyl (C=O) groups excluding carboxylic acids is 1. The van der Waals surface area contributed by atoms with Gasteiger partial charge in [0.1, 0.15) is 11.3 Å². The number of H-pyrrole nitrogens is 1. The molecule has 5 aromatic rings. The standard InChI is InChI=1S/C29H27Cl2N7O/c1-19-5-7-20(8-6-19)18-38-28-25(17-32-38)33-27(35-28)21-9-11-22(12-10-21)36-13-15-37(16-14-36)29(39)34-26-23(30)3-2-4-24(26)31/h2-12,17H,13-16,18H2,1H3,(H,33,35)(H,34,39). The number of urea groups is 1. The van der Waals surface area contributed by atoms with Crippen molar-refractivity contribution in [3.63, 3.8) is 0 Å². The van der Waals surface area contributed by atoms with E-state index < -0.39 is 0 Å². The molecule has 0 atom stereocenters. The summed E-state index contributed by atoms with van der Waals surface area (Å²) >= 11 is 12.4. The molecule has 0 saturated carbocycles. The number of amides is 2. The number of hydrogen-bond donors (Lipinski definition) is 2. The molecule has 1 fully saturated rings. The number of carbonyl (C=O) groups is 1. The zero-order valence-corrected chi connectivity index (χ0v) is 22.9. The summed E-state index contributed by atoms with van der Waals surface area (Å²) < 4.78 is 1.94. The van der Waals surface area contributed by atoms with Gasteiger partial charge in [0.25, 0.3) is 0 Å². The van der Waals surface area contributed by atoms with Gasteiger partial charge in [0.2, 0.25) is 0 Å². The van der Waals surface area contributed by atoms with E-state index in [1.165, 1.54) is 11.1 Å². The number of fused-ring (bicyclic) bond motifs is 1. The Kier molecular flexibility index (Phi) is 6.89. The molecule has 1 aliphatic rings. The zero-order chi connectivity index (χ0) is 26.9. The van der Waals surface area contributed by atoms with Crippen LogP contribution in [0.4, 0.5) is 16.2 Å². The number of aromatic amines is 1. The van der Waals surface area contributed by atoms with Gasteiger partial charge in [0.15, 0.2) is 5.65 Å². The molecule has 2 aromatic heterocycles. The largest absolute Gasteiger partial charge is 0.368 e. The van der Waals surface area contributed by atoms with Crippen LogP contribution >= 0.6 is 23.2 Å². The molecule has 0 radical (unpaired) electrons. The zero-order valence-electron chi connectivity index (χ0n) is 21.4. The molecule has 1 aliphatic heterocycles. The van der Waals surface area contributed by atoms with E-state index in [1.807, 2.05) is 4.68 Å². The highest BCUT2D eigenvalue weighted by Gasteiger charge is 2.23. The number of anilines is 2. The molecule has 0 unspecified atom stereocenters. The summed E-state index contributed by atoms with van der Waals surface area (Å²) in [5, 5.41) is 8.19. The second-order valence-electron chi connectivity index (χ2n) is 9.65. The molecule has 2 amide bonds. The molecule has 39 heavy (non-hydrogen) atoms. The quantitative estimate of drug-likeness (QED) is 0.259. The lowest BCUT2D eigenvalue weighted by molar-refractivity contribution is 0.208. The first-order valence-corrected chi connectivity index (χ1v) is 13.5. The lowest BCUT2D eigenvalue weighted by atomic mass is 10.1. The third kappa shape index (κ3) is 5.30.